The summed E-state index contributed by atoms with van der Waals surface area (Å²) in [6.07, 6.45) is 3.67. The maximum absolute atomic E-state index is 5.61. The first-order chi connectivity index (χ1) is 13.7. The number of furan rings is 1. The van der Waals surface area contributed by atoms with Gasteiger partial charge < -0.3 is 24.7 Å². The van der Waals surface area contributed by atoms with Gasteiger partial charge in [-0.3, -0.25) is 4.99 Å². The van der Waals surface area contributed by atoms with Crippen molar-refractivity contribution >= 4 is 11.6 Å². The summed E-state index contributed by atoms with van der Waals surface area (Å²) in [6.45, 7) is 9.08. The Morgan fingerprint density at radius 3 is 2.89 bits per heavy atom. The predicted octanol–water partition coefficient (Wildman–Crippen LogP) is 3.33. The minimum atomic E-state index is 0.411. The van der Waals surface area contributed by atoms with Gasteiger partial charge in [0.25, 0.3) is 0 Å². The van der Waals surface area contributed by atoms with Gasteiger partial charge >= 0.3 is 0 Å². The number of aliphatic imine (C=N–C) groups is 1. The first-order valence-corrected chi connectivity index (χ1v) is 10.2. The van der Waals surface area contributed by atoms with Crippen molar-refractivity contribution in [2.45, 2.75) is 39.3 Å². The number of nitrogens with one attached hydrogen (secondary N) is 2. The first-order valence-electron chi connectivity index (χ1n) is 10.2. The van der Waals surface area contributed by atoms with Crippen LogP contribution in [0.5, 0.6) is 0 Å². The van der Waals surface area contributed by atoms with Crippen molar-refractivity contribution in [2.24, 2.45) is 4.99 Å². The van der Waals surface area contributed by atoms with Gasteiger partial charge in [0.15, 0.2) is 5.96 Å². The fourth-order valence-electron chi connectivity index (χ4n) is 3.31. The highest BCUT2D eigenvalue weighted by Crippen LogP contribution is 2.20. The van der Waals surface area contributed by atoms with Crippen molar-refractivity contribution < 1.29 is 9.15 Å². The van der Waals surface area contributed by atoms with E-state index in [0.717, 1.165) is 50.7 Å². The van der Waals surface area contributed by atoms with E-state index in [1.165, 1.54) is 11.3 Å². The van der Waals surface area contributed by atoms with E-state index in [9.17, 15) is 0 Å². The minimum Gasteiger partial charge on any atom is -0.467 e. The normalized spacial score (nSPS) is 17.1. The van der Waals surface area contributed by atoms with Crippen molar-refractivity contribution in [3.8, 4) is 0 Å². The number of rotatable bonds is 9. The Kier molecular flexibility index (Phi) is 7.79. The predicted molar refractivity (Wildman–Crippen MR) is 114 cm³/mol. The molecule has 1 atom stereocenters. The topological polar surface area (TPSA) is 62.0 Å². The molecular weight excluding hydrogens is 352 g/mol. The zero-order chi connectivity index (χ0) is 19.6. The van der Waals surface area contributed by atoms with Gasteiger partial charge in [0, 0.05) is 44.5 Å². The average Bonchev–Trinajstić information content (AvgIpc) is 3.37. The van der Waals surface area contributed by atoms with Crippen LogP contribution >= 0.6 is 0 Å². The molecule has 1 aromatic heterocycles. The van der Waals surface area contributed by atoms with Crippen molar-refractivity contribution in [2.75, 3.05) is 37.7 Å². The molecular formula is C22H32N4O2. The molecule has 0 bridgehead atoms. The molecule has 0 saturated carbocycles. The van der Waals surface area contributed by atoms with Crippen molar-refractivity contribution in [1.82, 2.24) is 10.6 Å². The fourth-order valence-corrected chi connectivity index (χ4v) is 3.31. The van der Waals surface area contributed by atoms with Crippen LogP contribution in [-0.4, -0.2) is 44.8 Å². The fraction of sp³-hybridized carbons (Fsp3) is 0.500. The number of ether oxygens (including phenoxy) is 1. The summed E-state index contributed by atoms with van der Waals surface area (Å²) in [7, 11) is 0. The quantitative estimate of drug-likeness (QED) is 0.394. The number of hydrogen-bond acceptors (Lipinski definition) is 4. The van der Waals surface area contributed by atoms with E-state index in [-0.39, 0.29) is 0 Å². The third kappa shape index (κ3) is 6.30. The lowest BCUT2D eigenvalue weighted by Crippen LogP contribution is -2.44. The molecule has 0 aliphatic carbocycles. The van der Waals surface area contributed by atoms with Gasteiger partial charge in [-0.1, -0.05) is 17.7 Å². The standard InChI is InChI=1S/C22H32N4O2/c1-3-23-22(24-12-5-14-27-17-21-6-4-15-28-21)25-19-11-13-26(16-19)20-9-7-18(2)8-10-20/h4,6-10,15,19H,3,5,11-14,16-17H2,1-2H3,(H2,23,24,25). The molecule has 1 unspecified atom stereocenters. The molecule has 1 fully saturated rings. The highest BCUT2D eigenvalue weighted by molar-refractivity contribution is 5.80. The molecule has 2 heterocycles. The highest BCUT2D eigenvalue weighted by Gasteiger charge is 2.23. The van der Waals surface area contributed by atoms with E-state index in [2.05, 4.69) is 53.6 Å². The van der Waals surface area contributed by atoms with Gasteiger partial charge in [-0.2, -0.15) is 0 Å². The van der Waals surface area contributed by atoms with Crippen molar-refractivity contribution in [1.29, 1.82) is 0 Å². The van der Waals surface area contributed by atoms with Crippen molar-refractivity contribution in [3.05, 3.63) is 54.0 Å². The summed E-state index contributed by atoms with van der Waals surface area (Å²) in [5, 5.41) is 6.93. The second-order valence-electron chi connectivity index (χ2n) is 7.16. The zero-order valence-electron chi connectivity index (χ0n) is 17.0. The van der Waals surface area contributed by atoms with Crippen LogP contribution in [0.3, 0.4) is 0 Å². The number of hydrogen-bond donors (Lipinski definition) is 2. The summed E-state index contributed by atoms with van der Waals surface area (Å²) in [4.78, 5) is 7.13. The molecule has 1 aliphatic rings. The van der Waals surface area contributed by atoms with Gasteiger partial charge in [-0.25, -0.2) is 0 Å². The second kappa shape index (κ2) is 10.8. The van der Waals surface area contributed by atoms with Crippen LogP contribution in [0.1, 0.15) is 31.1 Å². The Balaban J connectivity index is 1.39. The second-order valence-corrected chi connectivity index (χ2v) is 7.16. The van der Waals surface area contributed by atoms with Gasteiger partial charge in [0.1, 0.15) is 12.4 Å². The molecule has 1 aromatic carbocycles. The lowest BCUT2D eigenvalue weighted by atomic mass is 10.2. The Bertz CT molecular complexity index is 713. The van der Waals surface area contributed by atoms with E-state index < -0.39 is 0 Å². The smallest absolute Gasteiger partial charge is 0.191 e. The third-order valence-corrected chi connectivity index (χ3v) is 4.81. The molecule has 1 saturated heterocycles. The third-order valence-electron chi connectivity index (χ3n) is 4.81. The largest absolute Gasteiger partial charge is 0.467 e. The summed E-state index contributed by atoms with van der Waals surface area (Å²) >= 11 is 0. The van der Waals surface area contributed by atoms with Crippen LogP contribution in [0.4, 0.5) is 5.69 Å². The summed E-state index contributed by atoms with van der Waals surface area (Å²) in [5.74, 6) is 1.75. The average molecular weight is 385 g/mol. The summed E-state index contributed by atoms with van der Waals surface area (Å²) in [5.41, 5.74) is 2.60. The Hall–Kier alpha value is -2.47. The summed E-state index contributed by atoms with van der Waals surface area (Å²) < 4.78 is 10.9. The van der Waals surface area contributed by atoms with Crippen LogP contribution in [0.15, 0.2) is 52.1 Å². The number of aryl methyl sites for hydroxylation is 1. The van der Waals surface area contributed by atoms with Crippen LogP contribution < -0.4 is 15.5 Å². The number of anilines is 1. The lowest BCUT2D eigenvalue weighted by Gasteiger charge is -2.20. The monoisotopic (exact) mass is 384 g/mol. The van der Waals surface area contributed by atoms with Crippen molar-refractivity contribution in [3.63, 3.8) is 0 Å². The molecule has 0 radical (unpaired) electrons. The molecule has 152 valence electrons. The Morgan fingerprint density at radius 2 is 2.14 bits per heavy atom. The molecule has 6 nitrogen and oxygen atoms in total. The number of guanidine groups is 1. The highest BCUT2D eigenvalue weighted by atomic mass is 16.5. The van der Waals surface area contributed by atoms with Crippen LogP contribution in [-0.2, 0) is 11.3 Å². The minimum absolute atomic E-state index is 0.411. The SMILES string of the molecule is CCNC(=NCCCOCc1ccco1)NC1CCN(c2ccc(C)cc2)C1. The molecule has 1 aliphatic heterocycles. The van der Waals surface area contributed by atoms with E-state index in [0.29, 0.717) is 19.3 Å². The molecule has 0 spiro atoms. The van der Waals surface area contributed by atoms with Gasteiger partial charge in [-0.15, -0.1) is 0 Å². The molecule has 3 rings (SSSR count). The molecule has 2 N–H and O–H groups in total. The maximum Gasteiger partial charge on any atom is 0.191 e. The molecule has 0 amide bonds. The molecule has 2 aromatic rings. The van der Waals surface area contributed by atoms with E-state index in [4.69, 9.17) is 14.1 Å². The van der Waals surface area contributed by atoms with E-state index >= 15 is 0 Å². The summed E-state index contributed by atoms with van der Waals surface area (Å²) in [6, 6.07) is 13.0. The van der Waals surface area contributed by atoms with Crippen LogP contribution in [0.2, 0.25) is 0 Å². The van der Waals surface area contributed by atoms with E-state index in [1.807, 2.05) is 12.1 Å². The van der Waals surface area contributed by atoms with Gasteiger partial charge in [0.2, 0.25) is 0 Å². The molecule has 6 heteroatoms. The van der Waals surface area contributed by atoms with Gasteiger partial charge in [0.05, 0.1) is 6.26 Å². The zero-order valence-corrected chi connectivity index (χ0v) is 17.0. The lowest BCUT2D eigenvalue weighted by molar-refractivity contribution is 0.105. The Morgan fingerprint density at radius 1 is 1.29 bits per heavy atom. The van der Waals surface area contributed by atoms with Crippen LogP contribution in [0.25, 0.3) is 0 Å². The molecule has 28 heavy (non-hydrogen) atoms. The van der Waals surface area contributed by atoms with Crippen LogP contribution in [0, 0.1) is 6.92 Å². The Labute approximate surface area is 168 Å². The van der Waals surface area contributed by atoms with E-state index in [1.54, 1.807) is 6.26 Å². The number of nitrogens with zero attached hydrogens (tertiary/aromatic N) is 2. The first kappa shape index (κ1) is 20.3. The maximum atomic E-state index is 5.61. The number of benzene rings is 1. The van der Waals surface area contributed by atoms with Gasteiger partial charge in [-0.05, 0) is 51.0 Å².